The normalized spacial score (nSPS) is 26.1. The van der Waals surface area contributed by atoms with Gasteiger partial charge in [-0.3, -0.25) is 4.90 Å². The van der Waals surface area contributed by atoms with Gasteiger partial charge in [0.2, 0.25) is 0 Å². The fourth-order valence-corrected chi connectivity index (χ4v) is 2.37. The first kappa shape index (κ1) is 13.3. The molecule has 100 valence electrons. The van der Waals surface area contributed by atoms with Gasteiger partial charge in [-0.05, 0) is 24.2 Å². The van der Waals surface area contributed by atoms with E-state index in [0.717, 1.165) is 12.5 Å². The molecule has 1 aliphatic heterocycles. The lowest BCUT2D eigenvalue weighted by atomic mass is 9.87. The Labute approximate surface area is 106 Å². The third-order valence-electron chi connectivity index (χ3n) is 4.25. The van der Waals surface area contributed by atoms with Crippen LogP contribution in [0.2, 0.25) is 0 Å². The first-order chi connectivity index (χ1) is 7.95. The van der Waals surface area contributed by atoms with Gasteiger partial charge in [0.05, 0.1) is 0 Å². The molecule has 1 atom stereocenters. The number of hydrogen-bond donors (Lipinski definition) is 1. The predicted octanol–water partition coefficient (Wildman–Crippen LogP) is 1.39. The largest absolute Gasteiger partial charge is 0.326 e. The molecule has 1 aliphatic carbocycles. The van der Waals surface area contributed by atoms with Gasteiger partial charge in [-0.25, -0.2) is 0 Å². The van der Waals surface area contributed by atoms with Crippen molar-refractivity contribution in [2.24, 2.45) is 17.1 Å². The summed E-state index contributed by atoms with van der Waals surface area (Å²) in [6, 6.07) is 0.289. The summed E-state index contributed by atoms with van der Waals surface area (Å²) in [7, 11) is 0. The summed E-state index contributed by atoms with van der Waals surface area (Å²) in [5.74, 6) is 1.03. The first-order valence-electron chi connectivity index (χ1n) is 7.15. The Hall–Kier alpha value is -0.120. The Morgan fingerprint density at radius 2 is 1.59 bits per heavy atom. The molecule has 0 aromatic heterocycles. The Bertz CT molecular complexity index is 234. The highest BCUT2D eigenvalue weighted by Gasteiger charge is 2.28. The van der Waals surface area contributed by atoms with E-state index in [4.69, 9.17) is 5.73 Å². The molecule has 1 saturated carbocycles. The average Bonchev–Trinajstić information content (AvgIpc) is 3.03. The third-order valence-corrected chi connectivity index (χ3v) is 4.25. The smallest absolute Gasteiger partial charge is 0.0217 e. The van der Waals surface area contributed by atoms with Crippen LogP contribution < -0.4 is 5.73 Å². The fourth-order valence-electron chi connectivity index (χ4n) is 2.37. The number of nitrogens with zero attached hydrogens (tertiary/aromatic N) is 2. The minimum absolute atomic E-state index is 0.227. The van der Waals surface area contributed by atoms with E-state index in [1.165, 1.54) is 45.6 Å². The maximum Gasteiger partial charge on any atom is 0.0217 e. The fraction of sp³-hybridized carbons (Fsp3) is 1.00. The standard InChI is InChI=1S/C14H29N3/c1-14(2,3)13(15)11-17-8-6-16(7-9-17)10-12-4-5-12/h12-13H,4-11,15H2,1-3H3. The second-order valence-electron chi connectivity index (χ2n) is 7.02. The van der Waals surface area contributed by atoms with Crippen LogP contribution in [0.15, 0.2) is 0 Å². The Balaban J connectivity index is 1.67. The van der Waals surface area contributed by atoms with Crippen molar-refractivity contribution in [2.45, 2.75) is 39.7 Å². The molecule has 0 aromatic rings. The highest BCUT2D eigenvalue weighted by atomic mass is 15.3. The molecule has 3 nitrogen and oxygen atoms in total. The van der Waals surface area contributed by atoms with E-state index in [9.17, 15) is 0 Å². The van der Waals surface area contributed by atoms with E-state index < -0.39 is 0 Å². The molecule has 1 heterocycles. The van der Waals surface area contributed by atoms with Gasteiger partial charge in [-0.15, -0.1) is 0 Å². The molecule has 0 radical (unpaired) electrons. The lowest BCUT2D eigenvalue weighted by Gasteiger charge is -2.38. The molecule has 0 amide bonds. The lowest BCUT2D eigenvalue weighted by Crippen LogP contribution is -2.52. The molecule has 17 heavy (non-hydrogen) atoms. The van der Waals surface area contributed by atoms with Crippen molar-refractivity contribution in [1.29, 1.82) is 0 Å². The third kappa shape index (κ3) is 4.23. The van der Waals surface area contributed by atoms with Crippen molar-refractivity contribution in [3.63, 3.8) is 0 Å². The summed E-state index contributed by atoms with van der Waals surface area (Å²) in [5.41, 5.74) is 6.48. The number of piperazine rings is 1. The van der Waals surface area contributed by atoms with Crippen molar-refractivity contribution in [1.82, 2.24) is 9.80 Å². The molecule has 2 N–H and O–H groups in total. The van der Waals surface area contributed by atoms with E-state index in [2.05, 4.69) is 30.6 Å². The van der Waals surface area contributed by atoms with Gasteiger partial charge < -0.3 is 10.6 Å². The van der Waals surface area contributed by atoms with Gasteiger partial charge in [0.1, 0.15) is 0 Å². The van der Waals surface area contributed by atoms with Crippen LogP contribution in [0.5, 0.6) is 0 Å². The van der Waals surface area contributed by atoms with E-state index in [0.29, 0.717) is 0 Å². The van der Waals surface area contributed by atoms with Crippen LogP contribution in [0.1, 0.15) is 33.6 Å². The zero-order valence-electron chi connectivity index (χ0n) is 11.8. The number of rotatable bonds is 4. The minimum atomic E-state index is 0.227. The van der Waals surface area contributed by atoms with Crippen LogP contribution in [0.4, 0.5) is 0 Å². The SMILES string of the molecule is CC(C)(C)C(N)CN1CCN(CC2CC2)CC1. The molecule has 2 fully saturated rings. The molecule has 0 aromatic carbocycles. The molecule has 2 aliphatic rings. The summed E-state index contributed by atoms with van der Waals surface area (Å²) < 4.78 is 0. The number of nitrogens with two attached hydrogens (primary N) is 1. The van der Waals surface area contributed by atoms with Crippen LogP contribution in [0.25, 0.3) is 0 Å². The van der Waals surface area contributed by atoms with Gasteiger partial charge in [0, 0.05) is 45.3 Å². The Morgan fingerprint density at radius 3 is 2.06 bits per heavy atom. The average molecular weight is 239 g/mol. The van der Waals surface area contributed by atoms with Gasteiger partial charge in [0.15, 0.2) is 0 Å². The molecule has 2 rings (SSSR count). The van der Waals surface area contributed by atoms with Crippen LogP contribution in [-0.4, -0.2) is 55.1 Å². The summed E-state index contributed by atoms with van der Waals surface area (Å²) in [4.78, 5) is 5.18. The molecule has 3 heteroatoms. The van der Waals surface area contributed by atoms with Gasteiger partial charge >= 0.3 is 0 Å². The molecule has 1 unspecified atom stereocenters. The van der Waals surface area contributed by atoms with E-state index in [1.54, 1.807) is 0 Å². The van der Waals surface area contributed by atoms with Crippen LogP contribution in [-0.2, 0) is 0 Å². The van der Waals surface area contributed by atoms with Gasteiger partial charge in [-0.1, -0.05) is 20.8 Å². The van der Waals surface area contributed by atoms with E-state index in [1.807, 2.05) is 0 Å². The second kappa shape index (κ2) is 5.25. The monoisotopic (exact) mass is 239 g/mol. The van der Waals surface area contributed by atoms with E-state index in [-0.39, 0.29) is 11.5 Å². The van der Waals surface area contributed by atoms with Crippen molar-refractivity contribution in [2.75, 3.05) is 39.3 Å². The Morgan fingerprint density at radius 1 is 1.06 bits per heavy atom. The molecule has 0 bridgehead atoms. The zero-order valence-corrected chi connectivity index (χ0v) is 11.8. The van der Waals surface area contributed by atoms with Crippen LogP contribution in [0.3, 0.4) is 0 Å². The summed E-state index contributed by atoms with van der Waals surface area (Å²) in [6.07, 6.45) is 2.93. The van der Waals surface area contributed by atoms with Gasteiger partial charge in [0.25, 0.3) is 0 Å². The van der Waals surface area contributed by atoms with Gasteiger partial charge in [-0.2, -0.15) is 0 Å². The van der Waals surface area contributed by atoms with Crippen molar-refractivity contribution < 1.29 is 0 Å². The lowest BCUT2D eigenvalue weighted by molar-refractivity contribution is 0.109. The zero-order chi connectivity index (χ0) is 12.5. The molecule has 0 spiro atoms. The van der Waals surface area contributed by atoms with Crippen molar-refractivity contribution in [3.8, 4) is 0 Å². The maximum atomic E-state index is 6.25. The highest BCUT2D eigenvalue weighted by molar-refractivity contribution is 4.84. The molecular weight excluding hydrogens is 210 g/mol. The van der Waals surface area contributed by atoms with Crippen LogP contribution >= 0.6 is 0 Å². The Kier molecular flexibility index (Phi) is 4.11. The van der Waals surface area contributed by atoms with E-state index >= 15 is 0 Å². The van der Waals surface area contributed by atoms with Crippen molar-refractivity contribution in [3.05, 3.63) is 0 Å². The number of hydrogen-bond acceptors (Lipinski definition) is 3. The summed E-state index contributed by atoms with van der Waals surface area (Å²) in [5, 5.41) is 0. The molecule has 1 saturated heterocycles. The maximum absolute atomic E-state index is 6.25. The predicted molar refractivity (Wildman–Crippen MR) is 73.0 cm³/mol. The summed E-state index contributed by atoms with van der Waals surface area (Å²) in [6.45, 7) is 14.0. The highest BCUT2D eigenvalue weighted by Crippen LogP contribution is 2.30. The minimum Gasteiger partial charge on any atom is -0.326 e. The summed E-state index contributed by atoms with van der Waals surface area (Å²) >= 11 is 0. The van der Waals surface area contributed by atoms with Crippen molar-refractivity contribution >= 4 is 0 Å². The van der Waals surface area contributed by atoms with Crippen LogP contribution in [0, 0.1) is 11.3 Å². The quantitative estimate of drug-likeness (QED) is 0.804. The second-order valence-corrected chi connectivity index (χ2v) is 7.02. The topological polar surface area (TPSA) is 32.5 Å². The molecular formula is C14H29N3. The first-order valence-corrected chi connectivity index (χ1v) is 7.15.